The lowest BCUT2D eigenvalue weighted by Crippen LogP contribution is -2.54. The molecule has 0 bridgehead atoms. The Morgan fingerprint density at radius 2 is 1.97 bits per heavy atom. The molecule has 0 aromatic carbocycles. The average molecular weight is 397 g/mol. The maximum absolute atomic E-state index is 12.0. The minimum absolute atomic E-state index is 0.00930. The molecule has 29 heavy (non-hydrogen) atoms. The molecule has 0 radical (unpaired) electrons. The summed E-state index contributed by atoms with van der Waals surface area (Å²) in [7, 11) is 0. The maximum atomic E-state index is 12.0. The molecule has 1 heterocycles. The Hall–Kier alpha value is -1.91. The van der Waals surface area contributed by atoms with Gasteiger partial charge in [-0.2, -0.15) is 5.10 Å². The minimum atomic E-state index is -0.196. The van der Waals surface area contributed by atoms with Gasteiger partial charge < -0.3 is 4.74 Å². The molecule has 1 aromatic rings. The number of nitrogens with zero attached hydrogens (tertiary/aromatic N) is 2. The van der Waals surface area contributed by atoms with Crippen LogP contribution in [-0.4, -0.2) is 21.7 Å². The number of rotatable bonds is 1. The zero-order chi connectivity index (χ0) is 20.6. The van der Waals surface area contributed by atoms with Crippen molar-refractivity contribution in [1.82, 2.24) is 9.78 Å². The van der Waals surface area contributed by atoms with E-state index < -0.39 is 0 Å². The molecule has 0 aliphatic heterocycles. The smallest absolute Gasteiger partial charge is 0.307 e. The zero-order valence-corrected chi connectivity index (χ0v) is 18.0. The molecule has 5 nitrogen and oxygen atoms in total. The lowest BCUT2D eigenvalue weighted by atomic mass is 9.45. The van der Waals surface area contributed by atoms with E-state index in [4.69, 9.17) is 4.74 Å². The highest BCUT2D eigenvalue weighted by molar-refractivity contribution is 5.76. The molecule has 156 valence electrons. The monoisotopic (exact) mass is 396 g/mol. The Morgan fingerprint density at radius 1 is 1.17 bits per heavy atom. The van der Waals surface area contributed by atoms with Crippen LogP contribution < -0.4 is 0 Å². The number of hydrogen-bond acceptors (Lipinski definition) is 4. The number of carbonyl (C=O) groups is 2. The number of fused-ring (bicyclic) bond motifs is 6. The average Bonchev–Trinajstić information content (AvgIpc) is 3.19. The molecule has 5 rings (SSSR count). The van der Waals surface area contributed by atoms with E-state index in [0.29, 0.717) is 23.7 Å². The highest BCUT2D eigenvalue weighted by atomic mass is 16.5. The van der Waals surface area contributed by atoms with Crippen LogP contribution in [0.4, 0.5) is 0 Å². The normalized spacial score (nSPS) is 40.2. The summed E-state index contributed by atoms with van der Waals surface area (Å²) in [5.41, 5.74) is 2.71. The van der Waals surface area contributed by atoms with Crippen LogP contribution in [0, 0.1) is 34.5 Å². The lowest BCUT2D eigenvalue weighted by molar-refractivity contribution is -0.141. The van der Waals surface area contributed by atoms with Crippen molar-refractivity contribution in [3.8, 4) is 0 Å². The van der Waals surface area contributed by atoms with Crippen molar-refractivity contribution in [2.75, 3.05) is 0 Å². The highest BCUT2D eigenvalue weighted by Gasteiger charge is 2.59. The first-order chi connectivity index (χ1) is 13.7. The molecule has 0 unspecified atom stereocenters. The number of hydrogen-bond donors (Lipinski definition) is 0. The number of esters is 1. The highest BCUT2D eigenvalue weighted by Crippen LogP contribution is 2.65. The molecule has 4 aliphatic carbocycles. The SMILES string of the molecule is CC(=O)OC1=CC[C@H]2[C@@H]3CC[C@H]4Cc5c(cnn5C(C)=O)C[C@]4(C)[C@H]3CC[C@]12C. The van der Waals surface area contributed by atoms with Crippen LogP contribution in [0.2, 0.25) is 0 Å². The van der Waals surface area contributed by atoms with E-state index in [-0.39, 0.29) is 22.7 Å². The van der Waals surface area contributed by atoms with Crippen LogP contribution in [0.5, 0.6) is 0 Å². The van der Waals surface area contributed by atoms with Gasteiger partial charge in [0.15, 0.2) is 0 Å². The number of carbonyl (C=O) groups excluding carboxylic acids is 2. The molecule has 0 spiro atoms. The molecule has 1 aromatic heterocycles. The molecule has 0 N–H and O–H groups in total. The molecular formula is C24H32N2O3. The third-order valence-electron chi connectivity index (χ3n) is 9.09. The number of aromatic nitrogens is 2. The van der Waals surface area contributed by atoms with Crippen LogP contribution >= 0.6 is 0 Å². The van der Waals surface area contributed by atoms with Crippen molar-refractivity contribution in [2.45, 2.75) is 72.6 Å². The lowest BCUT2D eigenvalue weighted by Gasteiger charge is -2.59. The van der Waals surface area contributed by atoms with Crippen molar-refractivity contribution in [3.63, 3.8) is 0 Å². The van der Waals surface area contributed by atoms with E-state index in [1.165, 1.54) is 31.7 Å². The van der Waals surface area contributed by atoms with E-state index in [2.05, 4.69) is 25.0 Å². The van der Waals surface area contributed by atoms with Crippen LogP contribution in [0.3, 0.4) is 0 Å². The van der Waals surface area contributed by atoms with E-state index in [1.54, 1.807) is 11.6 Å². The second kappa shape index (κ2) is 6.29. The van der Waals surface area contributed by atoms with Crippen LogP contribution in [-0.2, 0) is 22.4 Å². The fourth-order valence-corrected chi connectivity index (χ4v) is 7.67. The first-order valence-corrected chi connectivity index (χ1v) is 11.2. The third kappa shape index (κ3) is 2.62. The van der Waals surface area contributed by atoms with Crippen molar-refractivity contribution in [3.05, 3.63) is 29.3 Å². The van der Waals surface area contributed by atoms with E-state index in [9.17, 15) is 9.59 Å². The van der Waals surface area contributed by atoms with Gasteiger partial charge in [0.25, 0.3) is 0 Å². The summed E-state index contributed by atoms with van der Waals surface area (Å²) < 4.78 is 7.28. The van der Waals surface area contributed by atoms with Crippen LogP contribution in [0.15, 0.2) is 18.0 Å². The first kappa shape index (κ1) is 19.1. The molecule has 4 aliphatic rings. The van der Waals surface area contributed by atoms with Gasteiger partial charge in [-0.3, -0.25) is 9.59 Å². The molecule has 0 saturated heterocycles. The molecular weight excluding hydrogens is 364 g/mol. The fourth-order valence-electron chi connectivity index (χ4n) is 7.67. The molecule has 0 amide bonds. The molecule has 2 saturated carbocycles. The van der Waals surface area contributed by atoms with Gasteiger partial charge in [-0.05, 0) is 85.7 Å². The minimum Gasteiger partial charge on any atom is -0.431 e. The molecule has 2 fully saturated rings. The van der Waals surface area contributed by atoms with E-state index in [0.717, 1.165) is 37.1 Å². The van der Waals surface area contributed by atoms with Gasteiger partial charge in [-0.15, -0.1) is 0 Å². The van der Waals surface area contributed by atoms with Crippen LogP contribution in [0.1, 0.15) is 75.9 Å². The predicted octanol–water partition coefficient (Wildman–Crippen LogP) is 4.56. The van der Waals surface area contributed by atoms with Crippen molar-refractivity contribution < 1.29 is 14.3 Å². The Kier molecular flexibility index (Phi) is 4.14. The van der Waals surface area contributed by atoms with E-state index >= 15 is 0 Å². The number of allylic oxidation sites excluding steroid dienone is 2. The quantitative estimate of drug-likeness (QED) is 0.653. The molecule has 5 heteroatoms. The zero-order valence-electron chi connectivity index (χ0n) is 18.0. The van der Waals surface area contributed by atoms with Gasteiger partial charge >= 0.3 is 5.97 Å². The van der Waals surface area contributed by atoms with Gasteiger partial charge in [0, 0.05) is 19.3 Å². The van der Waals surface area contributed by atoms with Gasteiger partial charge in [-0.1, -0.05) is 13.8 Å². The summed E-state index contributed by atoms with van der Waals surface area (Å²) >= 11 is 0. The number of ether oxygens (including phenoxy) is 1. The summed E-state index contributed by atoms with van der Waals surface area (Å²) in [6, 6.07) is 0. The second-order valence-corrected chi connectivity index (χ2v) is 10.4. The second-order valence-electron chi connectivity index (χ2n) is 10.4. The summed E-state index contributed by atoms with van der Waals surface area (Å²) in [5.74, 6) is 3.33. The first-order valence-electron chi connectivity index (χ1n) is 11.2. The Balaban J connectivity index is 1.44. The summed E-state index contributed by atoms with van der Waals surface area (Å²) in [6.45, 7) is 7.94. The predicted molar refractivity (Wildman–Crippen MR) is 109 cm³/mol. The summed E-state index contributed by atoms with van der Waals surface area (Å²) in [5, 5.41) is 4.40. The van der Waals surface area contributed by atoms with Crippen molar-refractivity contribution in [2.24, 2.45) is 34.5 Å². The van der Waals surface area contributed by atoms with Crippen molar-refractivity contribution in [1.29, 1.82) is 0 Å². The fraction of sp³-hybridized carbons (Fsp3) is 0.708. The van der Waals surface area contributed by atoms with Crippen molar-refractivity contribution >= 4 is 11.9 Å². The largest absolute Gasteiger partial charge is 0.431 e. The Morgan fingerprint density at radius 3 is 2.69 bits per heavy atom. The Bertz CT molecular complexity index is 915. The van der Waals surface area contributed by atoms with Gasteiger partial charge in [0.1, 0.15) is 5.76 Å². The van der Waals surface area contributed by atoms with Gasteiger partial charge in [0.05, 0.1) is 11.9 Å². The maximum Gasteiger partial charge on any atom is 0.307 e. The Labute approximate surface area is 172 Å². The summed E-state index contributed by atoms with van der Waals surface area (Å²) in [6.07, 6.45) is 11.9. The standard InChI is InChI=1S/C24H32N2O3/c1-14(27)26-21-11-17-5-6-18-19-7-8-22(29-15(2)28)23(19,3)10-9-20(18)24(17,4)12-16(21)13-25-26/h8,13,17-20H,5-7,9-12H2,1-4H3/t17-,18-,19-,20-,23-,24-/m0/s1. The third-order valence-corrected chi connectivity index (χ3v) is 9.09. The topological polar surface area (TPSA) is 61.2 Å². The van der Waals surface area contributed by atoms with Gasteiger partial charge in [0.2, 0.25) is 5.91 Å². The van der Waals surface area contributed by atoms with E-state index in [1.807, 2.05) is 6.20 Å². The van der Waals surface area contributed by atoms with Gasteiger partial charge in [-0.25, -0.2) is 4.68 Å². The van der Waals surface area contributed by atoms with Crippen LogP contribution in [0.25, 0.3) is 0 Å². The molecule has 6 atom stereocenters. The summed E-state index contributed by atoms with van der Waals surface area (Å²) in [4.78, 5) is 23.6.